The van der Waals surface area contributed by atoms with Crippen LogP contribution in [0, 0.1) is 0 Å². The van der Waals surface area contributed by atoms with E-state index < -0.39 is 68.2 Å². The van der Waals surface area contributed by atoms with Gasteiger partial charge < -0.3 is 21.0 Å². The molecule has 2 atom stereocenters. The Labute approximate surface area is 224 Å². The summed E-state index contributed by atoms with van der Waals surface area (Å²) in [4.78, 5) is 46.8. The zero-order valence-electron chi connectivity index (χ0n) is 19.9. The first-order chi connectivity index (χ1) is 17.9. The monoisotopic (exact) mass is 610 g/mol. The van der Waals surface area contributed by atoms with Crippen LogP contribution in [0.1, 0.15) is 25.2 Å². The van der Waals surface area contributed by atoms with E-state index in [2.05, 4.69) is 25.7 Å². The van der Waals surface area contributed by atoms with E-state index in [0.29, 0.717) is 0 Å². The van der Waals surface area contributed by atoms with Crippen molar-refractivity contribution in [1.29, 1.82) is 0 Å². The Bertz CT molecular complexity index is 1530. The average Bonchev–Trinajstić information content (AvgIpc) is 3.43. The van der Waals surface area contributed by atoms with E-state index >= 15 is 0 Å². The van der Waals surface area contributed by atoms with E-state index in [-0.39, 0.29) is 27.4 Å². The van der Waals surface area contributed by atoms with E-state index in [1.165, 1.54) is 5.38 Å². The van der Waals surface area contributed by atoms with E-state index in [9.17, 15) is 40.9 Å². The van der Waals surface area contributed by atoms with Gasteiger partial charge >= 0.3 is 16.3 Å². The molecule has 0 radical (unpaired) electrons. The number of hydrogen-bond donors (Lipinski definition) is 6. The smallest absolute Gasteiger partial charge is 0.362 e. The summed E-state index contributed by atoms with van der Waals surface area (Å²) in [6.07, 6.45) is 1.13. The van der Waals surface area contributed by atoms with Crippen molar-refractivity contribution in [1.82, 2.24) is 34.3 Å². The Morgan fingerprint density at radius 3 is 2.51 bits per heavy atom. The fraction of sp³-hybridized carbons (Fsp3) is 0.438. The second-order valence-corrected chi connectivity index (χ2v) is 11.9. The van der Waals surface area contributed by atoms with Gasteiger partial charge in [0.25, 0.3) is 22.0 Å². The van der Waals surface area contributed by atoms with Crippen molar-refractivity contribution in [2.45, 2.75) is 44.6 Å². The second kappa shape index (κ2) is 10.8. The lowest BCUT2D eigenvalue weighted by atomic mass is 9.98. The maximum atomic E-state index is 13.1. The van der Waals surface area contributed by atoms with Gasteiger partial charge in [0.2, 0.25) is 5.60 Å². The summed E-state index contributed by atoms with van der Waals surface area (Å²) in [5.41, 5.74) is 3.09. The number of anilines is 1. The number of rotatable bonds is 12. The summed E-state index contributed by atoms with van der Waals surface area (Å²) in [7, 11) is -9.12. The normalized spacial score (nSPS) is 18.5. The van der Waals surface area contributed by atoms with Crippen LogP contribution in [0.3, 0.4) is 0 Å². The first-order valence-corrected chi connectivity index (χ1v) is 14.2. The molecular formula is C16H22N10O10S3. The molecule has 0 saturated carbocycles. The van der Waals surface area contributed by atoms with Gasteiger partial charge in [-0.2, -0.15) is 36.6 Å². The van der Waals surface area contributed by atoms with Crippen LogP contribution in [-0.4, -0.2) is 92.0 Å². The maximum Gasteiger partial charge on any atom is 0.362 e. The van der Waals surface area contributed by atoms with Gasteiger partial charge in [0.15, 0.2) is 10.8 Å². The Morgan fingerprint density at radius 1 is 1.31 bits per heavy atom. The van der Waals surface area contributed by atoms with Crippen LogP contribution in [0.4, 0.5) is 5.13 Å². The largest absolute Gasteiger partial charge is 0.478 e. The number of aliphatic carboxylic acids is 1. The molecule has 1 aliphatic heterocycles. The highest BCUT2D eigenvalue weighted by molar-refractivity contribution is 7.87. The molecule has 2 unspecified atom stereocenters. The molecule has 0 aromatic carbocycles. The lowest BCUT2D eigenvalue weighted by Crippen LogP contribution is -2.73. The standard InChI is InChI=1S/C16H22N10O10S3/c1-16(2,14(29)30)36-24-10(8-6-37-15(17)21-8)12(27)22-11-9(26(13(11)28)39(33,34)35)5-25-19-3-7(23-25)4-20-38(18,31)32/h3,6,9,11,20H,4-5H2,1-2H3,(H2,17,21)(H,22,27)(H,29,30)(H2,18,31,32)(H,33,34,35)/b24-10-. The summed E-state index contributed by atoms with van der Waals surface area (Å²) in [5, 5.41) is 29.0. The predicted molar refractivity (Wildman–Crippen MR) is 130 cm³/mol. The molecule has 2 aromatic rings. The maximum absolute atomic E-state index is 13.1. The molecule has 214 valence electrons. The number of aromatic nitrogens is 4. The number of carboxylic acid groups (broad SMARTS) is 1. The number of carbonyl (C=O) groups excluding carboxylic acids is 2. The highest BCUT2D eigenvalue weighted by atomic mass is 32.2. The van der Waals surface area contributed by atoms with Crippen LogP contribution < -0.4 is 20.9 Å². The molecule has 0 aliphatic carbocycles. The first kappa shape index (κ1) is 29.8. The van der Waals surface area contributed by atoms with Crippen molar-refractivity contribution < 1.29 is 45.7 Å². The van der Waals surface area contributed by atoms with E-state index in [0.717, 1.165) is 36.2 Å². The molecule has 23 heteroatoms. The number of nitrogens with one attached hydrogen (secondary N) is 2. The lowest BCUT2D eigenvalue weighted by Gasteiger charge is -2.43. The van der Waals surface area contributed by atoms with Crippen molar-refractivity contribution in [3.05, 3.63) is 23.0 Å². The molecule has 1 aliphatic rings. The number of oxime groups is 1. The van der Waals surface area contributed by atoms with Crippen molar-refractivity contribution in [3.63, 3.8) is 0 Å². The number of amides is 2. The van der Waals surface area contributed by atoms with Gasteiger partial charge in [-0.25, -0.2) is 19.2 Å². The third-order valence-corrected chi connectivity index (χ3v) is 7.12. The Hall–Kier alpha value is -3.77. The van der Waals surface area contributed by atoms with Crippen LogP contribution in [0.2, 0.25) is 0 Å². The topological polar surface area (TPSA) is 304 Å². The van der Waals surface area contributed by atoms with Crippen LogP contribution in [-0.2, 0) is 52.8 Å². The van der Waals surface area contributed by atoms with Gasteiger partial charge in [-0.15, -0.1) is 11.3 Å². The lowest BCUT2D eigenvalue weighted by molar-refractivity contribution is -0.161. The van der Waals surface area contributed by atoms with Gasteiger partial charge in [0.1, 0.15) is 17.8 Å². The zero-order valence-corrected chi connectivity index (χ0v) is 22.4. The number of thiazole rings is 1. The molecule has 3 heterocycles. The number of β-lactam (4-membered cyclic amide) rings is 1. The van der Waals surface area contributed by atoms with Gasteiger partial charge in [0.05, 0.1) is 25.0 Å². The van der Waals surface area contributed by atoms with Crippen molar-refractivity contribution in [2.24, 2.45) is 10.3 Å². The molecule has 39 heavy (non-hydrogen) atoms. The molecule has 2 aromatic heterocycles. The van der Waals surface area contributed by atoms with Gasteiger partial charge in [-0.05, 0) is 13.8 Å². The van der Waals surface area contributed by atoms with Crippen LogP contribution in [0.15, 0.2) is 16.7 Å². The van der Waals surface area contributed by atoms with Gasteiger partial charge in [0, 0.05) is 5.38 Å². The molecule has 2 amide bonds. The summed E-state index contributed by atoms with van der Waals surface area (Å²) < 4.78 is 57.2. The molecule has 1 fully saturated rings. The SMILES string of the molecule is CC(C)(O/N=C(\C(=O)NC1C(=O)N(S(=O)(=O)O)C1Cn1ncc(CNS(N)(=O)=O)n1)c1csc(N)n1)C(=O)O. The van der Waals surface area contributed by atoms with Gasteiger partial charge in [-0.1, -0.05) is 5.16 Å². The Kier molecular flexibility index (Phi) is 8.23. The molecule has 20 nitrogen and oxygen atoms in total. The first-order valence-electron chi connectivity index (χ1n) is 10.4. The second-order valence-electron chi connectivity index (χ2n) is 8.30. The molecular weight excluding hydrogens is 588 g/mol. The van der Waals surface area contributed by atoms with Crippen LogP contribution in [0.25, 0.3) is 0 Å². The minimum Gasteiger partial charge on any atom is -0.478 e. The molecule has 0 bridgehead atoms. The third-order valence-electron chi connectivity index (χ3n) is 4.95. The predicted octanol–water partition coefficient (Wildman–Crippen LogP) is -3.61. The fourth-order valence-corrected chi connectivity index (χ4v) is 4.76. The highest BCUT2D eigenvalue weighted by Gasteiger charge is 2.54. The Morgan fingerprint density at radius 2 is 1.97 bits per heavy atom. The number of nitrogens with two attached hydrogens (primary N) is 2. The summed E-state index contributed by atoms with van der Waals surface area (Å²) in [6, 6.07) is -3.01. The Balaban J connectivity index is 1.85. The molecule has 3 rings (SSSR count). The minimum absolute atomic E-state index is 0.0237. The molecule has 0 spiro atoms. The third kappa shape index (κ3) is 7.21. The summed E-state index contributed by atoms with van der Waals surface area (Å²) in [5.74, 6) is -3.75. The number of hydrogen-bond acceptors (Lipinski definition) is 14. The fourth-order valence-electron chi connectivity index (χ4n) is 2.99. The zero-order chi connectivity index (χ0) is 29.3. The number of carboxylic acids is 1. The van der Waals surface area contributed by atoms with Crippen LogP contribution >= 0.6 is 11.3 Å². The van der Waals surface area contributed by atoms with Gasteiger partial charge in [-0.3, -0.25) is 14.1 Å². The van der Waals surface area contributed by atoms with Crippen molar-refractivity contribution in [3.8, 4) is 0 Å². The number of carbonyl (C=O) groups is 3. The quantitative estimate of drug-likeness (QED) is 0.0585. The highest BCUT2D eigenvalue weighted by Crippen LogP contribution is 2.25. The van der Waals surface area contributed by atoms with Crippen molar-refractivity contribution in [2.75, 3.05) is 5.73 Å². The van der Waals surface area contributed by atoms with E-state index in [1.807, 2.05) is 4.72 Å². The van der Waals surface area contributed by atoms with E-state index in [1.54, 1.807) is 0 Å². The summed E-state index contributed by atoms with van der Waals surface area (Å²) in [6.45, 7) is 1.48. The molecule has 8 N–H and O–H groups in total. The average molecular weight is 611 g/mol. The molecule has 1 saturated heterocycles. The summed E-state index contributed by atoms with van der Waals surface area (Å²) >= 11 is 0.919. The van der Waals surface area contributed by atoms with Crippen molar-refractivity contribution >= 4 is 60.5 Å². The van der Waals surface area contributed by atoms with Crippen LogP contribution in [0.5, 0.6) is 0 Å². The number of nitrogen functional groups attached to an aromatic ring is 1. The minimum atomic E-state index is -5.08. The van der Waals surface area contributed by atoms with E-state index in [4.69, 9.17) is 15.7 Å². The number of nitrogens with zero attached hydrogens (tertiary/aromatic N) is 6.